The molecular weight excluding hydrogens is 222 g/mol. The van der Waals surface area contributed by atoms with Crippen LogP contribution in [0, 0.1) is 0 Å². The van der Waals surface area contributed by atoms with Crippen LogP contribution in [0.5, 0.6) is 0 Å². The Morgan fingerprint density at radius 2 is 1.94 bits per heavy atom. The molecule has 0 unspecified atom stereocenters. The van der Waals surface area contributed by atoms with E-state index in [4.69, 9.17) is 0 Å². The van der Waals surface area contributed by atoms with Gasteiger partial charge in [-0.3, -0.25) is 0 Å². The van der Waals surface area contributed by atoms with Crippen LogP contribution >= 0.6 is 0 Å². The van der Waals surface area contributed by atoms with Crippen LogP contribution in [0.4, 0.5) is 5.69 Å². The summed E-state index contributed by atoms with van der Waals surface area (Å²) in [5.41, 5.74) is 3.54. The zero-order chi connectivity index (χ0) is 13.1. The lowest BCUT2D eigenvalue weighted by Crippen LogP contribution is -2.17. The number of rotatable bonds is 5. The number of nitrogens with zero attached hydrogens (tertiary/aromatic N) is 2. The van der Waals surface area contributed by atoms with Gasteiger partial charge in [0.1, 0.15) is 0 Å². The Kier molecular flexibility index (Phi) is 3.90. The van der Waals surface area contributed by atoms with Crippen molar-refractivity contribution in [3.8, 4) is 0 Å². The first-order chi connectivity index (χ1) is 8.67. The van der Waals surface area contributed by atoms with Crippen molar-refractivity contribution < 1.29 is 0 Å². The van der Waals surface area contributed by atoms with E-state index in [-0.39, 0.29) is 0 Å². The average Bonchev–Trinajstić information content (AvgIpc) is 2.75. The summed E-state index contributed by atoms with van der Waals surface area (Å²) in [6.45, 7) is 8.84. The van der Waals surface area contributed by atoms with Crippen LogP contribution in [-0.2, 0) is 0 Å². The molecule has 3 nitrogen and oxygen atoms in total. The lowest BCUT2D eigenvalue weighted by atomic mass is 10.1. The predicted octanol–water partition coefficient (Wildman–Crippen LogP) is 4.06. The number of nitrogens with one attached hydrogen (secondary N) is 1. The Labute approximate surface area is 109 Å². The topological polar surface area (TPSA) is 29.3 Å². The smallest absolute Gasteiger partial charge is 0.0896 e. The molecule has 1 N–H and O–H groups in total. The molecule has 0 aliphatic carbocycles. The van der Waals surface area contributed by atoms with Crippen molar-refractivity contribution in [3.05, 3.63) is 30.1 Å². The molecule has 0 aromatic carbocycles. The molecule has 0 fully saturated rings. The summed E-state index contributed by atoms with van der Waals surface area (Å²) in [6, 6.07) is 6.74. The third kappa shape index (κ3) is 2.35. The van der Waals surface area contributed by atoms with Crippen LogP contribution in [0.3, 0.4) is 0 Å². The Morgan fingerprint density at radius 3 is 2.56 bits per heavy atom. The summed E-state index contributed by atoms with van der Waals surface area (Å²) in [4.78, 5) is 0. The van der Waals surface area contributed by atoms with Gasteiger partial charge in [-0.05, 0) is 30.9 Å². The van der Waals surface area contributed by atoms with Gasteiger partial charge in [0.05, 0.1) is 16.9 Å². The maximum absolute atomic E-state index is 4.69. The van der Waals surface area contributed by atoms with Crippen molar-refractivity contribution in [1.82, 2.24) is 9.61 Å². The highest BCUT2D eigenvalue weighted by Crippen LogP contribution is 2.29. The number of aromatic nitrogens is 2. The van der Waals surface area contributed by atoms with Crippen LogP contribution in [0.25, 0.3) is 5.52 Å². The van der Waals surface area contributed by atoms with E-state index in [0.717, 1.165) is 18.5 Å². The SMILES string of the molecule is CCC(CC)Nc1c(C(C)C)nn2ccccc12. The van der Waals surface area contributed by atoms with Crippen molar-refractivity contribution in [2.75, 3.05) is 5.32 Å². The first-order valence-corrected chi connectivity index (χ1v) is 6.91. The largest absolute Gasteiger partial charge is 0.379 e. The van der Waals surface area contributed by atoms with E-state index in [9.17, 15) is 0 Å². The highest BCUT2D eigenvalue weighted by atomic mass is 15.2. The summed E-state index contributed by atoms with van der Waals surface area (Å²) in [5, 5.41) is 8.36. The van der Waals surface area contributed by atoms with E-state index in [2.05, 4.69) is 50.2 Å². The van der Waals surface area contributed by atoms with Gasteiger partial charge in [-0.1, -0.05) is 33.8 Å². The summed E-state index contributed by atoms with van der Waals surface area (Å²) < 4.78 is 1.97. The first kappa shape index (κ1) is 12.9. The van der Waals surface area contributed by atoms with E-state index >= 15 is 0 Å². The fourth-order valence-corrected chi connectivity index (χ4v) is 2.27. The highest BCUT2D eigenvalue weighted by molar-refractivity contribution is 5.75. The minimum atomic E-state index is 0.432. The monoisotopic (exact) mass is 245 g/mol. The normalized spacial score (nSPS) is 11.7. The summed E-state index contributed by atoms with van der Waals surface area (Å²) in [7, 11) is 0. The third-order valence-corrected chi connectivity index (χ3v) is 3.45. The zero-order valence-electron chi connectivity index (χ0n) is 11.8. The highest BCUT2D eigenvalue weighted by Gasteiger charge is 2.17. The average molecular weight is 245 g/mol. The minimum absolute atomic E-state index is 0.432. The lowest BCUT2D eigenvalue weighted by molar-refractivity contribution is 0.669. The molecule has 98 valence electrons. The second kappa shape index (κ2) is 5.42. The maximum atomic E-state index is 4.69. The van der Waals surface area contributed by atoms with Crippen LogP contribution in [0.1, 0.15) is 52.1 Å². The molecule has 2 heterocycles. The quantitative estimate of drug-likeness (QED) is 0.860. The van der Waals surface area contributed by atoms with Gasteiger partial charge in [-0.15, -0.1) is 0 Å². The Bertz CT molecular complexity index is 509. The van der Waals surface area contributed by atoms with Gasteiger partial charge in [-0.25, -0.2) is 4.52 Å². The van der Waals surface area contributed by atoms with E-state index in [0.29, 0.717) is 12.0 Å². The first-order valence-electron chi connectivity index (χ1n) is 6.91. The van der Waals surface area contributed by atoms with Crippen LogP contribution < -0.4 is 5.32 Å². The van der Waals surface area contributed by atoms with Gasteiger partial charge in [0.25, 0.3) is 0 Å². The fourth-order valence-electron chi connectivity index (χ4n) is 2.27. The molecular formula is C15H23N3. The van der Waals surface area contributed by atoms with Gasteiger partial charge >= 0.3 is 0 Å². The fraction of sp³-hybridized carbons (Fsp3) is 0.533. The molecule has 0 spiro atoms. The Morgan fingerprint density at radius 1 is 1.22 bits per heavy atom. The van der Waals surface area contributed by atoms with Crippen LogP contribution in [-0.4, -0.2) is 15.7 Å². The summed E-state index contributed by atoms with van der Waals surface area (Å²) in [5.74, 6) is 0.432. The number of hydrogen-bond donors (Lipinski definition) is 1. The summed E-state index contributed by atoms with van der Waals surface area (Å²) in [6.07, 6.45) is 4.29. The van der Waals surface area contributed by atoms with E-state index < -0.39 is 0 Å². The predicted molar refractivity (Wildman–Crippen MR) is 77.3 cm³/mol. The molecule has 0 saturated heterocycles. The number of anilines is 1. The van der Waals surface area contributed by atoms with E-state index in [1.54, 1.807) is 0 Å². The number of pyridine rings is 1. The minimum Gasteiger partial charge on any atom is -0.379 e. The van der Waals surface area contributed by atoms with Gasteiger partial charge in [0.2, 0.25) is 0 Å². The number of fused-ring (bicyclic) bond motifs is 1. The van der Waals surface area contributed by atoms with Gasteiger partial charge in [-0.2, -0.15) is 5.10 Å². The molecule has 0 aliphatic rings. The molecule has 2 rings (SSSR count). The standard InChI is InChI=1S/C15H23N3/c1-5-12(6-2)16-15-13-9-7-8-10-18(13)17-14(15)11(3)4/h7-12,16H,5-6H2,1-4H3. The lowest BCUT2D eigenvalue weighted by Gasteiger charge is -2.17. The molecule has 0 atom stereocenters. The number of hydrogen-bond acceptors (Lipinski definition) is 2. The zero-order valence-corrected chi connectivity index (χ0v) is 11.8. The molecule has 0 aliphatic heterocycles. The maximum Gasteiger partial charge on any atom is 0.0896 e. The van der Waals surface area contributed by atoms with Crippen molar-refractivity contribution >= 4 is 11.2 Å². The van der Waals surface area contributed by atoms with E-state index in [1.165, 1.54) is 11.2 Å². The van der Waals surface area contributed by atoms with Crippen LogP contribution in [0.2, 0.25) is 0 Å². The Hall–Kier alpha value is -1.51. The van der Waals surface area contributed by atoms with Gasteiger partial charge in [0, 0.05) is 12.2 Å². The second-order valence-corrected chi connectivity index (χ2v) is 5.10. The van der Waals surface area contributed by atoms with Crippen molar-refractivity contribution in [3.63, 3.8) is 0 Å². The molecule has 0 bridgehead atoms. The van der Waals surface area contributed by atoms with Gasteiger partial charge in [0.15, 0.2) is 0 Å². The molecule has 2 aromatic rings. The molecule has 0 radical (unpaired) electrons. The molecule has 3 heteroatoms. The van der Waals surface area contributed by atoms with Crippen LogP contribution in [0.15, 0.2) is 24.4 Å². The van der Waals surface area contributed by atoms with Crippen molar-refractivity contribution in [1.29, 1.82) is 0 Å². The Balaban J connectivity index is 2.48. The molecule has 0 amide bonds. The summed E-state index contributed by atoms with van der Waals surface area (Å²) >= 11 is 0. The third-order valence-electron chi connectivity index (χ3n) is 3.45. The van der Waals surface area contributed by atoms with E-state index in [1.807, 2.05) is 16.8 Å². The second-order valence-electron chi connectivity index (χ2n) is 5.10. The van der Waals surface area contributed by atoms with Gasteiger partial charge < -0.3 is 5.32 Å². The molecule has 0 saturated carbocycles. The molecule has 2 aromatic heterocycles. The van der Waals surface area contributed by atoms with Crippen molar-refractivity contribution in [2.24, 2.45) is 0 Å². The van der Waals surface area contributed by atoms with Crippen molar-refractivity contribution in [2.45, 2.75) is 52.5 Å². The molecule has 18 heavy (non-hydrogen) atoms.